The van der Waals surface area contributed by atoms with E-state index in [-0.39, 0.29) is 16.8 Å². The summed E-state index contributed by atoms with van der Waals surface area (Å²) in [5.41, 5.74) is 7.61. The van der Waals surface area contributed by atoms with Crippen molar-refractivity contribution in [3.63, 3.8) is 0 Å². The minimum absolute atomic E-state index is 0.160. The molecule has 21 heavy (non-hydrogen) atoms. The van der Waals surface area contributed by atoms with Gasteiger partial charge in [0.25, 0.3) is 0 Å². The van der Waals surface area contributed by atoms with Gasteiger partial charge >= 0.3 is 0 Å². The number of rotatable bonds is 6. The summed E-state index contributed by atoms with van der Waals surface area (Å²) in [7, 11) is 1.64. The Labute approximate surface area is 129 Å². The summed E-state index contributed by atoms with van der Waals surface area (Å²) in [6, 6.07) is 12.9. The number of halogens is 2. The first-order valence-corrected chi connectivity index (χ1v) is 7.27. The van der Waals surface area contributed by atoms with Crippen molar-refractivity contribution in [3.05, 3.63) is 64.4 Å². The number of nitrogens with two attached hydrogens (primary N) is 1. The van der Waals surface area contributed by atoms with Crippen molar-refractivity contribution in [1.82, 2.24) is 0 Å². The lowest BCUT2D eigenvalue weighted by Gasteiger charge is -2.16. The maximum atomic E-state index is 13.9. The third kappa shape index (κ3) is 4.19. The Kier molecular flexibility index (Phi) is 5.59. The maximum absolute atomic E-state index is 13.9. The normalized spacial score (nSPS) is 12.2. The molecule has 1 unspecified atom stereocenters. The van der Waals surface area contributed by atoms with Gasteiger partial charge in [-0.1, -0.05) is 35.9 Å². The molecule has 112 valence electrons. The minimum Gasteiger partial charge on any atom is -0.497 e. The molecule has 2 rings (SSSR count). The van der Waals surface area contributed by atoms with E-state index in [1.807, 2.05) is 24.3 Å². The molecule has 2 N–H and O–H groups in total. The van der Waals surface area contributed by atoms with Crippen molar-refractivity contribution in [2.24, 2.45) is 11.7 Å². The fourth-order valence-corrected chi connectivity index (χ4v) is 2.55. The predicted molar refractivity (Wildman–Crippen MR) is 84.4 cm³/mol. The van der Waals surface area contributed by atoms with Gasteiger partial charge in [-0.3, -0.25) is 0 Å². The van der Waals surface area contributed by atoms with Gasteiger partial charge in [0.15, 0.2) is 0 Å². The monoisotopic (exact) mass is 307 g/mol. The molecule has 2 aromatic rings. The Balaban J connectivity index is 2.07. The second kappa shape index (κ2) is 7.43. The summed E-state index contributed by atoms with van der Waals surface area (Å²) >= 11 is 5.81. The fourth-order valence-electron chi connectivity index (χ4n) is 2.35. The van der Waals surface area contributed by atoms with Crippen LogP contribution in [0.15, 0.2) is 42.5 Å². The first kappa shape index (κ1) is 15.8. The quantitative estimate of drug-likeness (QED) is 0.880. The zero-order valence-corrected chi connectivity index (χ0v) is 12.7. The molecule has 0 bridgehead atoms. The van der Waals surface area contributed by atoms with Gasteiger partial charge in [-0.25, -0.2) is 4.39 Å². The van der Waals surface area contributed by atoms with E-state index in [1.54, 1.807) is 25.3 Å². The molecule has 0 spiro atoms. The second-order valence-corrected chi connectivity index (χ2v) is 5.48. The van der Waals surface area contributed by atoms with Gasteiger partial charge in [0.1, 0.15) is 11.6 Å². The average molecular weight is 308 g/mol. The predicted octanol–water partition coefficient (Wildman–Crippen LogP) is 3.85. The molecule has 0 aliphatic rings. The Bertz CT molecular complexity index is 586. The third-order valence-electron chi connectivity index (χ3n) is 3.56. The molecule has 0 amide bonds. The molecule has 1 atom stereocenters. The van der Waals surface area contributed by atoms with Crippen LogP contribution in [0.25, 0.3) is 0 Å². The summed E-state index contributed by atoms with van der Waals surface area (Å²) in [6.45, 7) is 0.498. The first-order chi connectivity index (χ1) is 10.1. The first-order valence-electron chi connectivity index (χ1n) is 6.90. The summed E-state index contributed by atoms with van der Waals surface area (Å²) in [5.74, 6) is 0.655. The molecular formula is C17H19ClFNO. The van der Waals surface area contributed by atoms with Gasteiger partial charge in [-0.05, 0) is 54.6 Å². The average Bonchev–Trinajstić information content (AvgIpc) is 2.51. The lowest BCUT2D eigenvalue weighted by molar-refractivity contribution is 0.414. The maximum Gasteiger partial charge on any atom is 0.144 e. The Morgan fingerprint density at radius 3 is 2.48 bits per heavy atom. The highest BCUT2D eigenvalue weighted by molar-refractivity contribution is 6.30. The number of methoxy groups -OCH3 is 1. The molecule has 0 saturated carbocycles. The molecule has 0 aliphatic carbocycles. The largest absolute Gasteiger partial charge is 0.497 e. The van der Waals surface area contributed by atoms with Crippen LogP contribution in [0.5, 0.6) is 5.75 Å². The molecule has 4 heteroatoms. The lowest BCUT2D eigenvalue weighted by atomic mass is 9.92. The molecule has 2 nitrogen and oxygen atoms in total. The van der Waals surface area contributed by atoms with Crippen molar-refractivity contribution in [3.8, 4) is 5.75 Å². The summed E-state index contributed by atoms with van der Waals surface area (Å²) in [4.78, 5) is 0. The highest BCUT2D eigenvalue weighted by Gasteiger charge is 2.13. The SMILES string of the molecule is COc1ccc(CC(CN)Cc2cccc(Cl)c2F)cc1. The smallest absolute Gasteiger partial charge is 0.144 e. The van der Waals surface area contributed by atoms with Gasteiger partial charge in [-0.15, -0.1) is 0 Å². The van der Waals surface area contributed by atoms with Crippen molar-refractivity contribution >= 4 is 11.6 Å². The highest BCUT2D eigenvalue weighted by Crippen LogP contribution is 2.22. The molecule has 0 heterocycles. The molecule has 0 fully saturated rings. The van der Waals surface area contributed by atoms with Crippen LogP contribution in [0.2, 0.25) is 5.02 Å². The van der Waals surface area contributed by atoms with E-state index >= 15 is 0 Å². The fraction of sp³-hybridized carbons (Fsp3) is 0.294. The summed E-state index contributed by atoms with van der Waals surface area (Å²) < 4.78 is 19.1. The third-order valence-corrected chi connectivity index (χ3v) is 3.85. The molecule has 0 radical (unpaired) electrons. The van der Waals surface area contributed by atoms with E-state index < -0.39 is 0 Å². The van der Waals surface area contributed by atoms with E-state index in [0.29, 0.717) is 18.5 Å². The van der Waals surface area contributed by atoms with Gasteiger partial charge in [0.2, 0.25) is 0 Å². The number of hydrogen-bond donors (Lipinski definition) is 1. The van der Waals surface area contributed by atoms with Crippen LogP contribution in [0.4, 0.5) is 4.39 Å². The van der Waals surface area contributed by atoms with Crippen LogP contribution in [-0.4, -0.2) is 13.7 Å². The van der Waals surface area contributed by atoms with E-state index in [4.69, 9.17) is 22.1 Å². The van der Waals surface area contributed by atoms with Crippen molar-refractivity contribution in [1.29, 1.82) is 0 Å². The van der Waals surface area contributed by atoms with Crippen LogP contribution in [0.1, 0.15) is 11.1 Å². The zero-order valence-electron chi connectivity index (χ0n) is 12.0. The van der Waals surface area contributed by atoms with Gasteiger partial charge < -0.3 is 10.5 Å². The summed E-state index contributed by atoms with van der Waals surface area (Å²) in [6.07, 6.45) is 1.38. The van der Waals surface area contributed by atoms with Crippen molar-refractivity contribution in [2.45, 2.75) is 12.8 Å². The molecule has 0 aliphatic heterocycles. The van der Waals surface area contributed by atoms with Crippen molar-refractivity contribution in [2.75, 3.05) is 13.7 Å². The van der Waals surface area contributed by atoms with E-state index in [9.17, 15) is 4.39 Å². The number of ether oxygens (including phenoxy) is 1. The molecule has 2 aromatic carbocycles. The number of hydrogen-bond acceptors (Lipinski definition) is 2. The highest BCUT2D eigenvalue weighted by atomic mass is 35.5. The Morgan fingerprint density at radius 1 is 1.14 bits per heavy atom. The molecule has 0 aromatic heterocycles. The zero-order chi connectivity index (χ0) is 15.2. The van der Waals surface area contributed by atoms with Crippen LogP contribution in [0, 0.1) is 11.7 Å². The standard InChI is InChI=1S/C17H19ClFNO/c1-21-15-7-5-12(6-8-15)9-13(11-20)10-14-3-2-4-16(18)17(14)19/h2-8,13H,9-11,20H2,1H3. The van der Waals surface area contributed by atoms with Gasteiger partial charge in [0, 0.05) is 0 Å². The Morgan fingerprint density at radius 2 is 1.86 bits per heavy atom. The Hall–Kier alpha value is -1.58. The lowest BCUT2D eigenvalue weighted by Crippen LogP contribution is -2.20. The number of benzene rings is 2. The molecule has 0 saturated heterocycles. The van der Waals surface area contributed by atoms with Crippen LogP contribution in [0.3, 0.4) is 0 Å². The topological polar surface area (TPSA) is 35.2 Å². The van der Waals surface area contributed by atoms with Crippen LogP contribution < -0.4 is 10.5 Å². The van der Waals surface area contributed by atoms with Gasteiger partial charge in [0.05, 0.1) is 12.1 Å². The minimum atomic E-state index is -0.340. The van der Waals surface area contributed by atoms with E-state index in [2.05, 4.69) is 0 Å². The van der Waals surface area contributed by atoms with Crippen LogP contribution in [-0.2, 0) is 12.8 Å². The van der Waals surface area contributed by atoms with Gasteiger partial charge in [-0.2, -0.15) is 0 Å². The van der Waals surface area contributed by atoms with E-state index in [1.165, 1.54) is 0 Å². The van der Waals surface area contributed by atoms with E-state index in [0.717, 1.165) is 17.7 Å². The summed E-state index contributed by atoms with van der Waals surface area (Å²) in [5, 5.41) is 0.160. The molecular weight excluding hydrogens is 289 g/mol. The van der Waals surface area contributed by atoms with Crippen molar-refractivity contribution < 1.29 is 9.13 Å². The van der Waals surface area contributed by atoms with Crippen LogP contribution >= 0.6 is 11.6 Å². The second-order valence-electron chi connectivity index (χ2n) is 5.07.